The van der Waals surface area contributed by atoms with E-state index in [0.717, 1.165) is 5.56 Å². The number of fused-ring (bicyclic) bond motifs is 1. The van der Waals surface area contributed by atoms with E-state index in [0.29, 0.717) is 16.5 Å². The molecule has 1 heterocycles. The fourth-order valence-corrected chi connectivity index (χ4v) is 2.15. The molecule has 2 aromatic carbocycles. The van der Waals surface area contributed by atoms with Crippen molar-refractivity contribution in [2.24, 2.45) is 0 Å². The van der Waals surface area contributed by atoms with Crippen LogP contribution in [0.3, 0.4) is 0 Å². The number of aromatic amines is 1. The zero-order valence-corrected chi connectivity index (χ0v) is 11.4. The molecule has 0 unspecified atom stereocenters. The highest BCUT2D eigenvalue weighted by atomic mass is 16.5. The summed E-state index contributed by atoms with van der Waals surface area (Å²) in [6.07, 6.45) is 0. The summed E-state index contributed by atoms with van der Waals surface area (Å²) in [6.45, 7) is 1.94. The Hall–Kier alpha value is -2.88. The SMILES string of the molecule is Cc1ccc2[nH]c(=O)cc(OC(=O)c3ccccc3)c2c1. The Morgan fingerprint density at radius 3 is 2.57 bits per heavy atom. The number of nitrogens with one attached hydrogen (secondary N) is 1. The Morgan fingerprint density at radius 2 is 1.81 bits per heavy atom. The minimum absolute atomic E-state index is 0.270. The third kappa shape index (κ3) is 2.69. The van der Waals surface area contributed by atoms with Gasteiger partial charge < -0.3 is 9.72 Å². The molecule has 4 nitrogen and oxygen atoms in total. The number of ether oxygens (including phenoxy) is 1. The van der Waals surface area contributed by atoms with Crippen LogP contribution in [0.2, 0.25) is 0 Å². The largest absolute Gasteiger partial charge is 0.422 e. The summed E-state index contributed by atoms with van der Waals surface area (Å²) in [5.74, 6) is -0.213. The van der Waals surface area contributed by atoms with Gasteiger partial charge in [-0.1, -0.05) is 29.8 Å². The number of hydrogen-bond acceptors (Lipinski definition) is 3. The molecule has 4 heteroatoms. The number of rotatable bonds is 2. The zero-order chi connectivity index (χ0) is 14.8. The smallest absolute Gasteiger partial charge is 0.343 e. The second-order valence-corrected chi connectivity index (χ2v) is 4.80. The molecule has 0 spiro atoms. The van der Waals surface area contributed by atoms with Gasteiger partial charge in [0.05, 0.1) is 11.1 Å². The van der Waals surface area contributed by atoms with Crippen molar-refractivity contribution in [2.45, 2.75) is 6.92 Å². The van der Waals surface area contributed by atoms with Gasteiger partial charge in [-0.05, 0) is 31.2 Å². The molecule has 0 atom stereocenters. The molecule has 0 saturated heterocycles. The molecule has 3 rings (SSSR count). The Labute approximate surface area is 121 Å². The van der Waals surface area contributed by atoms with E-state index in [1.54, 1.807) is 30.3 Å². The van der Waals surface area contributed by atoms with Crippen LogP contribution < -0.4 is 10.3 Å². The molecule has 1 aromatic heterocycles. The van der Waals surface area contributed by atoms with E-state index in [9.17, 15) is 9.59 Å². The van der Waals surface area contributed by atoms with Gasteiger partial charge in [-0.15, -0.1) is 0 Å². The van der Waals surface area contributed by atoms with Crippen LogP contribution in [0, 0.1) is 6.92 Å². The zero-order valence-electron chi connectivity index (χ0n) is 11.4. The summed E-state index contributed by atoms with van der Waals surface area (Å²) < 4.78 is 5.39. The molecule has 0 aliphatic rings. The van der Waals surface area contributed by atoms with E-state index in [1.807, 2.05) is 25.1 Å². The van der Waals surface area contributed by atoms with Gasteiger partial charge in [0.1, 0.15) is 5.75 Å². The normalized spacial score (nSPS) is 10.5. The van der Waals surface area contributed by atoms with Crippen molar-refractivity contribution >= 4 is 16.9 Å². The van der Waals surface area contributed by atoms with Gasteiger partial charge in [-0.3, -0.25) is 4.79 Å². The van der Waals surface area contributed by atoms with E-state index >= 15 is 0 Å². The summed E-state index contributed by atoms with van der Waals surface area (Å²) in [6, 6.07) is 15.5. The molecule has 104 valence electrons. The monoisotopic (exact) mass is 279 g/mol. The lowest BCUT2D eigenvalue weighted by molar-refractivity contribution is 0.0737. The minimum Gasteiger partial charge on any atom is -0.422 e. The maximum absolute atomic E-state index is 12.1. The first-order valence-corrected chi connectivity index (χ1v) is 6.54. The summed E-state index contributed by atoms with van der Waals surface area (Å²) in [4.78, 5) is 26.5. The first kappa shape index (κ1) is 13.1. The Kier molecular flexibility index (Phi) is 3.28. The number of H-pyrrole nitrogens is 1. The third-order valence-electron chi connectivity index (χ3n) is 3.17. The molecule has 0 fully saturated rings. The van der Waals surface area contributed by atoms with Crippen molar-refractivity contribution in [3.05, 3.63) is 76.1 Å². The van der Waals surface area contributed by atoms with Crippen LogP contribution in [0.15, 0.2) is 59.4 Å². The van der Waals surface area contributed by atoms with Gasteiger partial charge in [0, 0.05) is 11.5 Å². The summed E-state index contributed by atoms with van der Waals surface area (Å²) in [5, 5.41) is 0.707. The fraction of sp³-hybridized carbons (Fsp3) is 0.0588. The molecule has 0 aliphatic heterocycles. The van der Waals surface area contributed by atoms with Crippen molar-refractivity contribution < 1.29 is 9.53 Å². The maximum Gasteiger partial charge on any atom is 0.343 e. The second kappa shape index (κ2) is 5.25. The number of aromatic nitrogens is 1. The molecule has 0 saturated carbocycles. The Balaban J connectivity index is 2.06. The fourth-order valence-electron chi connectivity index (χ4n) is 2.15. The van der Waals surface area contributed by atoms with Crippen LogP contribution in [0.1, 0.15) is 15.9 Å². The molecule has 1 N–H and O–H groups in total. The Morgan fingerprint density at radius 1 is 1.05 bits per heavy atom. The second-order valence-electron chi connectivity index (χ2n) is 4.80. The number of hydrogen-bond donors (Lipinski definition) is 1. The Bertz CT molecular complexity index is 866. The molecule has 3 aromatic rings. The number of esters is 1. The van der Waals surface area contributed by atoms with E-state index in [-0.39, 0.29) is 11.3 Å². The lowest BCUT2D eigenvalue weighted by Crippen LogP contribution is -2.12. The number of carbonyl (C=O) groups excluding carboxylic acids is 1. The predicted molar refractivity (Wildman–Crippen MR) is 80.7 cm³/mol. The van der Waals surface area contributed by atoms with Crippen LogP contribution in [-0.4, -0.2) is 11.0 Å². The van der Waals surface area contributed by atoms with Crippen LogP contribution in [0.5, 0.6) is 5.75 Å². The van der Waals surface area contributed by atoms with E-state index < -0.39 is 5.97 Å². The summed E-state index contributed by atoms with van der Waals surface area (Å²) in [5.41, 5.74) is 1.80. The number of benzene rings is 2. The summed E-state index contributed by atoms with van der Waals surface area (Å²) in [7, 11) is 0. The quantitative estimate of drug-likeness (QED) is 0.733. The molecular weight excluding hydrogens is 266 g/mol. The number of pyridine rings is 1. The van der Waals surface area contributed by atoms with E-state index in [1.165, 1.54) is 6.07 Å². The van der Waals surface area contributed by atoms with Crippen molar-refractivity contribution in [3.8, 4) is 5.75 Å². The molecule has 0 radical (unpaired) electrons. The van der Waals surface area contributed by atoms with Crippen LogP contribution in [0.4, 0.5) is 0 Å². The lowest BCUT2D eigenvalue weighted by atomic mass is 10.1. The standard InChI is InChI=1S/C17H13NO3/c1-11-7-8-14-13(9-11)15(10-16(19)18-14)21-17(20)12-5-3-2-4-6-12/h2-10H,1H3,(H,18,19). The van der Waals surface area contributed by atoms with Gasteiger partial charge in [-0.2, -0.15) is 0 Å². The van der Waals surface area contributed by atoms with E-state index in [2.05, 4.69) is 4.98 Å². The highest BCUT2D eigenvalue weighted by Crippen LogP contribution is 2.24. The van der Waals surface area contributed by atoms with Crippen molar-refractivity contribution in [1.82, 2.24) is 4.98 Å². The molecule has 0 bridgehead atoms. The highest BCUT2D eigenvalue weighted by Gasteiger charge is 2.11. The topological polar surface area (TPSA) is 59.2 Å². The number of carbonyl (C=O) groups is 1. The van der Waals surface area contributed by atoms with Crippen molar-refractivity contribution in [3.63, 3.8) is 0 Å². The highest BCUT2D eigenvalue weighted by molar-refractivity contribution is 5.94. The van der Waals surface area contributed by atoms with Crippen molar-refractivity contribution in [2.75, 3.05) is 0 Å². The summed E-state index contributed by atoms with van der Waals surface area (Å²) >= 11 is 0. The molecule has 0 aliphatic carbocycles. The van der Waals surface area contributed by atoms with Crippen LogP contribution in [0.25, 0.3) is 10.9 Å². The maximum atomic E-state index is 12.1. The first-order chi connectivity index (χ1) is 10.1. The number of aryl methyl sites for hydroxylation is 1. The van der Waals surface area contributed by atoms with E-state index in [4.69, 9.17) is 4.74 Å². The predicted octanol–water partition coefficient (Wildman–Crippen LogP) is 3.06. The van der Waals surface area contributed by atoms with Crippen molar-refractivity contribution in [1.29, 1.82) is 0 Å². The van der Waals surface area contributed by atoms with Gasteiger partial charge in [0.25, 0.3) is 5.56 Å². The van der Waals surface area contributed by atoms with Gasteiger partial charge in [0.15, 0.2) is 0 Å². The lowest BCUT2D eigenvalue weighted by Gasteiger charge is -2.08. The van der Waals surface area contributed by atoms with Gasteiger partial charge in [-0.25, -0.2) is 4.79 Å². The average Bonchev–Trinajstić information content (AvgIpc) is 2.49. The van der Waals surface area contributed by atoms with Crippen LogP contribution in [-0.2, 0) is 0 Å². The van der Waals surface area contributed by atoms with Gasteiger partial charge >= 0.3 is 5.97 Å². The average molecular weight is 279 g/mol. The van der Waals surface area contributed by atoms with Gasteiger partial charge in [0.2, 0.25) is 0 Å². The third-order valence-corrected chi connectivity index (χ3v) is 3.17. The van der Waals surface area contributed by atoms with Crippen LogP contribution >= 0.6 is 0 Å². The molecule has 0 amide bonds. The minimum atomic E-state index is -0.482. The molecular formula is C17H13NO3. The first-order valence-electron chi connectivity index (χ1n) is 6.54. The molecule has 21 heavy (non-hydrogen) atoms.